The molecule has 0 saturated carbocycles. The number of rotatable bonds is 6. The molecule has 2 heterocycles. The van der Waals surface area contributed by atoms with Crippen LogP contribution in [0.3, 0.4) is 0 Å². The molecule has 3 N–H and O–H groups in total. The standard InChI is InChI=1S/C18H26N4O2.HI/c1-19-18(22-15-11-14-7-8-16(15)24-14)20-10-9-17(23)21-12-13-5-3-2-4-6-13;/h2-6,14-16H,7-12H2,1H3,(H,21,23)(H2,19,20,22);1H. The van der Waals surface area contributed by atoms with Crippen LogP contribution in [0.2, 0.25) is 0 Å². The number of amides is 1. The smallest absolute Gasteiger partial charge is 0.222 e. The molecule has 138 valence electrons. The maximum absolute atomic E-state index is 11.9. The number of benzene rings is 1. The molecule has 0 spiro atoms. The lowest BCUT2D eigenvalue weighted by Gasteiger charge is -2.22. The zero-order valence-electron chi connectivity index (χ0n) is 14.5. The van der Waals surface area contributed by atoms with Gasteiger partial charge in [-0.2, -0.15) is 0 Å². The highest BCUT2D eigenvalue weighted by atomic mass is 127. The van der Waals surface area contributed by atoms with Gasteiger partial charge in [0.15, 0.2) is 5.96 Å². The predicted octanol–water partition coefficient (Wildman–Crippen LogP) is 1.80. The van der Waals surface area contributed by atoms with Crippen molar-refractivity contribution < 1.29 is 9.53 Å². The molecule has 0 aromatic heterocycles. The first-order chi connectivity index (χ1) is 11.7. The van der Waals surface area contributed by atoms with Gasteiger partial charge in [-0.25, -0.2) is 0 Å². The minimum Gasteiger partial charge on any atom is -0.373 e. The van der Waals surface area contributed by atoms with Crippen molar-refractivity contribution in [3.8, 4) is 0 Å². The number of carbonyl (C=O) groups excluding carboxylic acids is 1. The van der Waals surface area contributed by atoms with Crippen LogP contribution in [0.4, 0.5) is 0 Å². The van der Waals surface area contributed by atoms with Gasteiger partial charge in [0.2, 0.25) is 5.91 Å². The quantitative estimate of drug-likeness (QED) is 0.345. The molecule has 2 bridgehead atoms. The Bertz CT molecular complexity index is 582. The lowest BCUT2D eigenvalue weighted by atomic mass is 9.96. The van der Waals surface area contributed by atoms with Crippen LogP contribution in [0.1, 0.15) is 31.2 Å². The van der Waals surface area contributed by atoms with Gasteiger partial charge in [0, 0.05) is 26.6 Å². The molecule has 25 heavy (non-hydrogen) atoms. The van der Waals surface area contributed by atoms with Gasteiger partial charge < -0.3 is 20.7 Å². The molecule has 6 nitrogen and oxygen atoms in total. The molecule has 1 aromatic carbocycles. The lowest BCUT2D eigenvalue weighted by molar-refractivity contribution is -0.121. The summed E-state index contributed by atoms with van der Waals surface area (Å²) in [6, 6.07) is 10.2. The second-order valence-corrected chi connectivity index (χ2v) is 6.37. The average Bonchev–Trinajstić information content (AvgIpc) is 3.23. The molecule has 0 radical (unpaired) electrons. The van der Waals surface area contributed by atoms with Crippen molar-refractivity contribution in [2.45, 2.75) is 50.5 Å². The highest BCUT2D eigenvalue weighted by Gasteiger charge is 2.41. The Morgan fingerprint density at radius 2 is 2.04 bits per heavy atom. The Kier molecular flexibility index (Phi) is 7.95. The number of hydrogen-bond donors (Lipinski definition) is 3. The highest BCUT2D eigenvalue weighted by molar-refractivity contribution is 14.0. The van der Waals surface area contributed by atoms with Gasteiger partial charge in [-0.1, -0.05) is 30.3 Å². The van der Waals surface area contributed by atoms with Crippen molar-refractivity contribution >= 4 is 35.8 Å². The molecule has 3 unspecified atom stereocenters. The molecular weight excluding hydrogens is 431 g/mol. The molecule has 2 saturated heterocycles. The zero-order valence-corrected chi connectivity index (χ0v) is 16.9. The summed E-state index contributed by atoms with van der Waals surface area (Å²) in [6.45, 7) is 1.12. The number of nitrogens with one attached hydrogen (secondary N) is 3. The van der Waals surface area contributed by atoms with Crippen LogP contribution in [0.5, 0.6) is 0 Å². The summed E-state index contributed by atoms with van der Waals surface area (Å²) in [5, 5.41) is 9.54. The Hall–Kier alpha value is -1.35. The third-order valence-electron chi connectivity index (χ3n) is 4.63. The van der Waals surface area contributed by atoms with E-state index in [0.29, 0.717) is 37.8 Å². The number of ether oxygens (including phenoxy) is 1. The third-order valence-corrected chi connectivity index (χ3v) is 4.63. The van der Waals surface area contributed by atoms with Crippen LogP contribution in [0, 0.1) is 0 Å². The van der Waals surface area contributed by atoms with Crippen LogP contribution in [0.25, 0.3) is 0 Å². The summed E-state index contributed by atoms with van der Waals surface area (Å²) < 4.78 is 5.84. The summed E-state index contributed by atoms with van der Waals surface area (Å²) in [5.74, 6) is 0.775. The fraction of sp³-hybridized carbons (Fsp3) is 0.556. The normalized spacial score (nSPS) is 24.5. The SMILES string of the molecule is CN=C(NCCC(=O)NCc1ccccc1)NC1CC2CCC1O2.I. The maximum Gasteiger partial charge on any atom is 0.222 e. The monoisotopic (exact) mass is 458 g/mol. The van der Waals surface area contributed by atoms with Gasteiger partial charge in [-0.3, -0.25) is 9.79 Å². The maximum atomic E-state index is 11.9. The van der Waals surface area contributed by atoms with Gasteiger partial charge >= 0.3 is 0 Å². The minimum atomic E-state index is 0. The van der Waals surface area contributed by atoms with Gasteiger partial charge in [-0.05, 0) is 24.8 Å². The van der Waals surface area contributed by atoms with Crippen LogP contribution >= 0.6 is 24.0 Å². The van der Waals surface area contributed by atoms with Gasteiger partial charge in [-0.15, -0.1) is 24.0 Å². The zero-order chi connectivity index (χ0) is 16.8. The third kappa shape index (κ3) is 5.85. The number of hydrogen-bond acceptors (Lipinski definition) is 3. The summed E-state index contributed by atoms with van der Waals surface area (Å²) in [6.07, 6.45) is 4.48. The minimum absolute atomic E-state index is 0. The lowest BCUT2D eigenvalue weighted by Crippen LogP contribution is -2.48. The molecule has 3 rings (SSSR count). The topological polar surface area (TPSA) is 74.8 Å². The number of aliphatic imine (C=N–C) groups is 1. The van der Waals surface area contributed by atoms with Gasteiger partial charge in [0.1, 0.15) is 0 Å². The van der Waals surface area contributed by atoms with Crippen molar-refractivity contribution in [2.24, 2.45) is 4.99 Å². The van der Waals surface area contributed by atoms with E-state index in [-0.39, 0.29) is 29.9 Å². The number of carbonyl (C=O) groups is 1. The summed E-state index contributed by atoms with van der Waals surface area (Å²) >= 11 is 0. The van der Waals surface area contributed by atoms with E-state index < -0.39 is 0 Å². The van der Waals surface area contributed by atoms with E-state index >= 15 is 0 Å². The van der Waals surface area contributed by atoms with Crippen molar-refractivity contribution in [3.63, 3.8) is 0 Å². The van der Waals surface area contributed by atoms with E-state index in [9.17, 15) is 4.79 Å². The summed E-state index contributed by atoms with van der Waals surface area (Å²) in [5.41, 5.74) is 1.10. The van der Waals surface area contributed by atoms with Crippen LogP contribution in [-0.2, 0) is 16.1 Å². The van der Waals surface area contributed by atoms with Gasteiger partial charge in [0.05, 0.1) is 18.2 Å². The van der Waals surface area contributed by atoms with E-state index in [0.717, 1.165) is 24.4 Å². The van der Waals surface area contributed by atoms with E-state index in [2.05, 4.69) is 20.9 Å². The Balaban J connectivity index is 0.00000225. The van der Waals surface area contributed by atoms with E-state index in [1.54, 1.807) is 7.05 Å². The molecule has 2 aliphatic rings. The van der Waals surface area contributed by atoms with E-state index in [4.69, 9.17) is 4.74 Å². The molecule has 3 atom stereocenters. The number of nitrogens with zero attached hydrogens (tertiary/aromatic N) is 1. The molecule has 1 aromatic rings. The number of fused-ring (bicyclic) bond motifs is 2. The molecule has 1 amide bonds. The molecule has 0 aliphatic carbocycles. The molecule has 7 heteroatoms. The fourth-order valence-corrected chi connectivity index (χ4v) is 3.34. The summed E-state index contributed by atoms with van der Waals surface area (Å²) in [7, 11) is 1.75. The fourth-order valence-electron chi connectivity index (χ4n) is 3.34. The number of guanidine groups is 1. The second-order valence-electron chi connectivity index (χ2n) is 6.37. The van der Waals surface area contributed by atoms with Crippen LogP contribution < -0.4 is 16.0 Å². The van der Waals surface area contributed by atoms with E-state index in [1.807, 2.05) is 30.3 Å². The Labute approximate surface area is 166 Å². The highest BCUT2D eigenvalue weighted by Crippen LogP contribution is 2.34. The average molecular weight is 458 g/mol. The van der Waals surface area contributed by atoms with Gasteiger partial charge in [0.25, 0.3) is 0 Å². The Morgan fingerprint density at radius 3 is 2.68 bits per heavy atom. The van der Waals surface area contributed by atoms with Crippen LogP contribution in [-0.4, -0.2) is 43.7 Å². The van der Waals surface area contributed by atoms with Crippen molar-refractivity contribution in [1.29, 1.82) is 0 Å². The van der Waals surface area contributed by atoms with Crippen molar-refractivity contribution in [3.05, 3.63) is 35.9 Å². The van der Waals surface area contributed by atoms with E-state index in [1.165, 1.54) is 6.42 Å². The molecule has 2 fully saturated rings. The van der Waals surface area contributed by atoms with Crippen molar-refractivity contribution in [2.75, 3.05) is 13.6 Å². The largest absolute Gasteiger partial charge is 0.373 e. The first-order valence-electron chi connectivity index (χ1n) is 8.68. The second kappa shape index (κ2) is 9.96. The Morgan fingerprint density at radius 1 is 1.24 bits per heavy atom. The first kappa shape index (κ1) is 20.0. The molecular formula is C18H27IN4O2. The van der Waals surface area contributed by atoms with Crippen LogP contribution in [0.15, 0.2) is 35.3 Å². The predicted molar refractivity (Wildman–Crippen MR) is 109 cm³/mol. The molecule has 2 aliphatic heterocycles. The van der Waals surface area contributed by atoms with Crippen molar-refractivity contribution in [1.82, 2.24) is 16.0 Å². The first-order valence-corrected chi connectivity index (χ1v) is 8.68. The number of halogens is 1. The summed E-state index contributed by atoms with van der Waals surface area (Å²) in [4.78, 5) is 16.1.